The van der Waals surface area contributed by atoms with Crippen LogP contribution in [0.2, 0.25) is 0 Å². The average molecular weight is 276 g/mol. The van der Waals surface area contributed by atoms with Gasteiger partial charge in [0.05, 0.1) is 0 Å². The Labute approximate surface area is 121 Å². The summed E-state index contributed by atoms with van der Waals surface area (Å²) in [5.74, 6) is 1.01. The van der Waals surface area contributed by atoms with Crippen molar-refractivity contribution < 1.29 is 9.90 Å². The van der Waals surface area contributed by atoms with E-state index in [4.69, 9.17) is 0 Å². The lowest BCUT2D eigenvalue weighted by molar-refractivity contribution is 0.0678. The minimum atomic E-state index is 0.0800. The topological polar surface area (TPSA) is 43.8 Å². The van der Waals surface area contributed by atoms with Gasteiger partial charge in [0.25, 0.3) is 5.91 Å². The molecule has 1 N–H and O–H groups in total. The average Bonchev–Trinajstić information content (AvgIpc) is 2.41. The molecule has 0 aromatic heterocycles. The molecule has 4 nitrogen and oxygen atoms in total. The van der Waals surface area contributed by atoms with Gasteiger partial charge in [0.15, 0.2) is 0 Å². The van der Waals surface area contributed by atoms with Crippen LogP contribution in [0.25, 0.3) is 0 Å². The van der Waals surface area contributed by atoms with Gasteiger partial charge in [-0.2, -0.15) is 0 Å². The fourth-order valence-electron chi connectivity index (χ4n) is 2.81. The largest absolute Gasteiger partial charge is 0.508 e. The summed E-state index contributed by atoms with van der Waals surface area (Å²) >= 11 is 0. The Hall–Kier alpha value is -1.55. The number of aryl methyl sites for hydroxylation is 1. The van der Waals surface area contributed by atoms with Crippen LogP contribution in [0.5, 0.6) is 5.75 Å². The van der Waals surface area contributed by atoms with Gasteiger partial charge >= 0.3 is 0 Å². The summed E-state index contributed by atoms with van der Waals surface area (Å²) in [7, 11) is 4.19. The number of carbonyl (C=O) groups excluding carboxylic acids is 1. The smallest absolute Gasteiger partial charge is 0.253 e. The van der Waals surface area contributed by atoms with Gasteiger partial charge in [-0.05, 0) is 63.5 Å². The lowest BCUT2D eigenvalue weighted by Gasteiger charge is -2.33. The number of hydrogen-bond acceptors (Lipinski definition) is 3. The molecule has 0 unspecified atom stereocenters. The molecule has 110 valence electrons. The molecule has 0 atom stereocenters. The number of carbonyl (C=O) groups is 1. The fraction of sp³-hybridized carbons (Fsp3) is 0.562. The summed E-state index contributed by atoms with van der Waals surface area (Å²) in [6.07, 6.45) is 2.14. The molecule has 0 saturated carbocycles. The predicted molar refractivity (Wildman–Crippen MR) is 80.0 cm³/mol. The lowest BCUT2D eigenvalue weighted by Crippen LogP contribution is -2.40. The van der Waals surface area contributed by atoms with Gasteiger partial charge in [-0.3, -0.25) is 4.79 Å². The molecule has 0 spiro atoms. The predicted octanol–water partition coefficient (Wildman–Crippen LogP) is 2.11. The quantitative estimate of drug-likeness (QED) is 0.919. The van der Waals surface area contributed by atoms with Crippen LogP contribution >= 0.6 is 0 Å². The summed E-state index contributed by atoms with van der Waals surface area (Å²) < 4.78 is 0. The molecule has 0 aliphatic carbocycles. The first-order valence-electron chi connectivity index (χ1n) is 7.21. The molecule has 2 rings (SSSR count). The Morgan fingerprint density at radius 3 is 2.55 bits per heavy atom. The molecule has 1 aromatic rings. The van der Waals surface area contributed by atoms with Crippen molar-refractivity contribution in [2.45, 2.75) is 19.8 Å². The van der Waals surface area contributed by atoms with E-state index in [9.17, 15) is 9.90 Å². The van der Waals surface area contributed by atoms with Crippen LogP contribution in [-0.4, -0.2) is 54.5 Å². The summed E-state index contributed by atoms with van der Waals surface area (Å²) in [5.41, 5.74) is 1.42. The molecule has 1 saturated heterocycles. The van der Waals surface area contributed by atoms with E-state index in [1.54, 1.807) is 18.2 Å². The number of hydrogen-bond donors (Lipinski definition) is 1. The number of phenolic OH excluding ortho intramolecular Hbond substituents is 1. The van der Waals surface area contributed by atoms with Gasteiger partial charge in [-0.15, -0.1) is 0 Å². The molecule has 0 bridgehead atoms. The van der Waals surface area contributed by atoms with E-state index in [0.29, 0.717) is 11.5 Å². The number of likely N-dealkylation sites (tertiary alicyclic amines) is 1. The number of nitrogens with zero attached hydrogens (tertiary/aromatic N) is 2. The molecule has 1 aliphatic rings. The molecular weight excluding hydrogens is 252 g/mol. The van der Waals surface area contributed by atoms with Gasteiger partial charge in [0, 0.05) is 25.2 Å². The fourth-order valence-corrected chi connectivity index (χ4v) is 2.81. The highest BCUT2D eigenvalue weighted by atomic mass is 16.3. The Morgan fingerprint density at radius 1 is 1.35 bits per heavy atom. The van der Waals surface area contributed by atoms with Gasteiger partial charge in [0.2, 0.25) is 0 Å². The first-order valence-corrected chi connectivity index (χ1v) is 7.21. The summed E-state index contributed by atoms with van der Waals surface area (Å²) in [6, 6.07) is 5.07. The molecule has 1 aromatic carbocycles. The Balaban J connectivity index is 1.96. The minimum absolute atomic E-state index is 0.0800. The van der Waals surface area contributed by atoms with Crippen molar-refractivity contribution in [2.75, 3.05) is 33.7 Å². The maximum atomic E-state index is 12.4. The molecule has 1 aliphatic heterocycles. The van der Waals surface area contributed by atoms with Crippen molar-refractivity contribution in [1.82, 2.24) is 9.80 Å². The van der Waals surface area contributed by atoms with Crippen molar-refractivity contribution in [3.8, 4) is 5.75 Å². The monoisotopic (exact) mass is 276 g/mol. The number of phenols is 1. The van der Waals surface area contributed by atoms with E-state index in [2.05, 4.69) is 19.0 Å². The van der Waals surface area contributed by atoms with E-state index in [0.717, 1.165) is 38.0 Å². The zero-order chi connectivity index (χ0) is 14.7. The number of piperidine rings is 1. The van der Waals surface area contributed by atoms with Crippen LogP contribution in [0.3, 0.4) is 0 Å². The van der Waals surface area contributed by atoms with Crippen LogP contribution in [0.1, 0.15) is 28.8 Å². The summed E-state index contributed by atoms with van der Waals surface area (Å²) in [6.45, 7) is 4.57. The highest BCUT2D eigenvalue weighted by Gasteiger charge is 2.24. The Morgan fingerprint density at radius 2 is 2.00 bits per heavy atom. The Kier molecular flexibility index (Phi) is 4.65. The lowest BCUT2D eigenvalue weighted by atomic mass is 9.96. The maximum absolute atomic E-state index is 12.4. The standard InChI is InChI=1S/C16H24N2O2/c1-12-10-14(4-5-15(12)19)16(20)18-8-6-13(7-9-18)11-17(2)3/h4-5,10,13,19H,6-9,11H2,1-3H3. The van der Waals surface area contributed by atoms with Crippen LogP contribution in [-0.2, 0) is 0 Å². The number of benzene rings is 1. The van der Waals surface area contributed by atoms with Crippen molar-refractivity contribution in [3.05, 3.63) is 29.3 Å². The SMILES string of the molecule is Cc1cc(C(=O)N2CCC(CN(C)C)CC2)ccc1O. The van der Waals surface area contributed by atoms with Crippen LogP contribution < -0.4 is 0 Å². The first-order chi connectivity index (χ1) is 9.47. The molecular formula is C16H24N2O2. The maximum Gasteiger partial charge on any atom is 0.253 e. The summed E-state index contributed by atoms with van der Waals surface area (Å²) in [4.78, 5) is 16.6. The van der Waals surface area contributed by atoms with E-state index in [-0.39, 0.29) is 11.7 Å². The van der Waals surface area contributed by atoms with E-state index < -0.39 is 0 Å². The third kappa shape index (κ3) is 3.51. The number of amides is 1. The van der Waals surface area contributed by atoms with E-state index in [1.165, 1.54) is 0 Å². The van der Waals surface area contributed by atoms with Gasteiger partial charge < -0.3 is 14.9 Å². The number of aromatic hydroxyl groups is 1. The van der Waals surface area contributed by atoms with E-state index >= 15 is 0 Å². The van der Waals surface area contributed by atoms with Crippen LogP contribution in [0.4, 0.5) is 0 Å². The molecule has 1 heterocycles. The Bertz CT molecular complexity index is 477. The van der Waals surface area contributed by atoms with Gasteiger partial charge in [-0.25, -0.2) is 0 Å². The molecule has 20 heavy (non-hydrogen) atoms. The molecule has 1 fully saturated rings. The highest BCUT2D eigenvalue weighted by molar-refractivity contribution is 5.94. The van der Waals surface area contributed by atoms with Crippen LogP contribution in [0.15, 0.2) is 18.2 Å². The third-order valence-electron chi connectivity index (χ3n) is 3.97. The first kappa shape index (κ1) is 14.9. The second kappa shape index (κ2) is 6.27. The van der Waals surface area contributed by atoms with E-state index in [1.807, 2.05) is 11.8 Å². The second-order valence-electron chi connectivity index (χ2n) is 6.00. The number of rotatable bonds is 3. The summed E-state index contributed by atoms with van der Waals surface area (Å²) in [5, 5.41) is 9.52. The highest BCUT2D eigenvalue weighted by Crippen LogP contribution is 2.22. The third-order valence-corrected chi connectivity index (χ3v) is 3.97. The van der Waals surface area contributed by atoms with Crippen molar-refractivity contribution >= 4 is 5.91 Å². The van der Waals surface area contributed by atoms with Gasteiger partial charge in [0.1, 0.15) is 5.75 Å². The molecule has 1 amide bonds. The van der Waals surface area contributed by atoms with Crippen LogP contribution in [0, 0.1) is 12.8 Å². The molecule has 4 heteroatoms. The zero-order valence-corrected chi connectivity index (χ0v) is 12.6. The second-order valence-corrected chi connectivity index (χ2v) is 6.00. The van der Waals surface area contributed by atoms with Crippen molar-refractivity contribution in [2.24, 2.45) is 5.92 Å². The minimum Gasteiger partial charge on any atom is -0.508 e. The normalized spacial score (nSPS) is 16.7. The van der Waals surface area contributed by atoms with Gasteiger partial charge in [-0.1, -0.05) is 0 Å². The molecule has 0 radical (unpaired) electrons. The van der Waals surface area contributed by atoms with Crippen molar-refractivity contribution in [1.29, 1.82) is 0 Å². The van der Waals surface area contributed by atoms with Crippen molar-refractivity contribution in [3.63, 3.8) is 0 Å². The zero-order valence-electron chi connectivity index (χ0n) is 12.6.